The molecule has 0 radical (unpaired) electrons. The van der Waals surface area contributed by atoms with Crippen molar-refractivity contribution in [1.82, 2.24) is 0 Å². The Labute approximate surface area is 334 Å². The SMILES string of the molecule is Cc1ccc(N(c2ccc(C)cc2)c2cc(C)c3c(c2)C(C)(C)c2cc4c(cc2-3)C(C)(C)c2cc(N(c3ccc(C)cc3)c3ccc(C)cc3)cc(C)c2-4)cc1. The minimum atomic E-state index is -0.179. The highest BCUT2D eigenvalue weighted by atomic mass is 15.1. The lowest BCUT2D eigenvalue weighted by Crippen LogP contribution is -2.18. The molecule has 0 aliphatic heterocycles. The first-order valence-corrected chi connectivity index (χ1v) is 20.1. The maximum Gasteiger partial charge on any atom is 0.0467 e. The van der Waals surface area contributed by atoms with Gasteiger partial charge in [-0.2, -0.15) is 0 Å². The molecule has 2 aliphatic carbocycles. The summed E-state index contributed by atoms with van der Waals surface area (Å²) in [4.78, 5) is 4.84. The summed E-state index contributed by atoms with van der Waals surface area (Å²) in [5.74, 6) is 0. The van der Waals surface area contributed by atoms with Crippen LogP contribution in [0.15, 0.2) is 133 Å². The molecule has 9 rings (SSSR count). The van der Waals surface area contributed by atoms with Crippen LogP contribution < -0.4 is 9.80 Å². The molecule has 2 heteroatoms. The Hall–Kier alpha value is -5.86. The first-order chi connectivity index (χ1) is 26.7. The van der Waals surface area contributed by atoms with Gasteiger partial charge in [0.1, 0.15) is 0 Å². The van der Waals surface area contributed by atoms with E-state index in [0.717, 1.165) is 0 Å². The minimum absolute atomic E-state index is 0.179. The number of benzene rings is 7. The molecule has 2 aliphatic rings. The van der Waals surface area contributed by atoms with Crippen molar-refractivity contribution in [3.8, 4) is 22.3 Å². The molecule has 7 aromatic rings. The average Bonchev–Trinajstić information content (AvgIpc) is 3.53. The fourth-order valence-corrected chi connectivity index (χ4v) is 9.50. The van der Waals surface area contributed by atoms with Gasteiger partial charge in [-0.1, -0.05) is 98.5 Å². The van der Waals surface area contributed by atoms with Gasteiger partial charge in [-0.05, 0) is 182 Å². The van der Waals surface area contributed by atoms with Crippen molar-refractivity contribution in [1.29, 1.82) is 0 Å². The molecule has 7 aromatic carbocycles. The van der Waals surface area contributed by atoms with E-state index in [1.165, 1.54) is 112 Å². The van der Waals surface area contributed by atoms with Gasteiger partial charge in [0.2, 0.25) is 0 Å². The predicted octanol–water partition coefficient (Wildman–Crippen LogP) is 15.1. The monoisotopic (exact) mass is 728 g/mol. The van der Waals surface area contributed by atoms with Crippen LogP contribution in [0.3, 0.4) is 0 Å². The van der Waals surface area contributed by atoms with Crippen LogP contribution in [-0.4, -0.2) is 0 Å². The van der Waals surface area contributed by atoms with Crippen LogP contribution in [0.5, 0.6) is 0 Å². The number of hydrogen-bond donors (Lipinski definition) is 0. The highest BCUT2D eigenvalue weighted by Gasteiger charge is 2.43. The van der Waals surface area contributed by atoms with E-state index < -0.39 is 0 Å². The van der Waals surface area contributed by atoms with E-state index in [2.05, 4.69) is 212 Å². The summed E-state index contributed by atoms with van der Waals surface area (Å²) < 4.78 is 0. The van der Waals surface area contributed by atoms with Crippen LogP contribution in [-0.2, 0) is 10.8 Å². The molecule has 278 valence electrons. The normalized spacial score (nSPS) is 14.2. The zero-order valence-electron chi connectivity index (χ0n) is 34.6. The largest absolute Gasteiger partial charge is 0.310 e. The second kappa shape index (κ2) is 12.8. The summed E-state index contributed by atoms with van der Waals surface area (Å²) >= 11 is 0. The number of rotatable bonds is 6. The van der Waals surface area contributed by atoms with Gasteiger partial charge in [0.25, 0.3) is 0 Å². The molecule has 0 saturated heterocycles. The molecule has 56 heavy (non-hydrogen) atoms. The first kappa shape index (κ1) is 35.8. The topological polar surface area (TPSA) is 6.48 Å². The molecule has 0 aromatic heterocycles. The second-order valence-corrected chi connectivity index (χ2v) is 17.6. The van der Waals surface area contributed by atoms with E-state index in [-0.39, 0.29) is 10.8 Å². The summed E-state index contributed by atoms with van der Waals surface area (Å²) in [7, 11) is 0. The number of hydrogen-bond acceptors (Lipinski definition) is 2. The van der Waals surface area contributed by atoms with E-state index in [9.17, 15) is 0 Å². The van der Waals surface area contributed by atoms with Crippen LogP contribution >= 0.6 is 0 Å². The molecule has 0 atom stereocenters. The van der Waals surface area contributed by atoms with Crippen molar-refractivity contribution < 1.29 is 0 Å². The van der Waals surface area contributed by atoms with E-state index in [1.807, 2.05) is 0 Å². The summed E-state index contributed by atoms with van der Waals surface area (Å²) in [5, 5.41) is 0. The van der Waals surface area contributed by atoms with Gasteiger partial charge in [0.15, 0.2) is 0 Å². The summed E-state index contributed by atoms with van der Waals surface area (Å²) in [6.07, 6.45) is 0. The highest BCUT2D eigenvalue weighted by Crippen LogP contribution is 2.59. The molecular weight excluding hydrogens is 677 g/mol. The Kier molecular flexibility index (Phi) is 8.22. The molecule has 2 nitrogen and oxygen atoms in total. The molecule has 0 bridgehead atoms. The molecule has 0 saturated carbocycles. The van der Waals surface area contributed by atoms with Crippen molar-refractivity contribution in [2.24, 2.45) is 0 Å². The Morgan fingerprint density at radius 3 is 0.839 bits per heavy atom. The lowest BCUT2D eigenvalue weighted by Gasteiger charge is -2.29. The van der Waals surface area contributed by atoms with Gasteiger partial charge in [0.05, 0.1) is 0 Å². The van der Waals surface area contributed by atoms with E-state index in [1.54, 1.807) is 0 Å². The van der Waals surface area contributed by atoms with Crippen molar-refractivity contribution in [3.63, 3.8) is 0 Å². The first-order valence-electron chi connectivity index (χ1n) is 20.1. The average molecular weight is 729 g/mol. The standard InChI is InChI=1S/C54H52N2/c1-33-11-19-39(20-12-33)55(40-21-13-34(2)14-22-40)43-27-37(5)51-45-31-48-46(32-47(45)53(7,8)49(51)29-43)52-38(6)28-44(30-50(52)54(48,9)10)56(41-23-15-35(3)16-24-41)42-25-17-36(4)18-26-42/h11-32H,1-10H3. The van der Waals surface area contributed by atoms with E-state index in [4.69, 9.17) is 0 Å². The molecule has 0 fully saturated rings. The fourth-order valence-electron chi connectivity index (χ4n) is 9.50. The Balaban J connectivity index is 1.18. The van der Waals surface area contributed by atoms with Crippen LogP contribution in [0.25, 0.3) is 22.3 Å². The van der Waals surface area contributed by atoms with Gasteiger partial charge >= 0.3 is 0 Å². The fraction of sp³-hybridized carbons (Fsp3) is 0.222. The van der Waals surface area contributed by atoms with E-state index >= 15 is 0 Å². The van der Waals surface area contributed by atoms with Gasteiger partial charge in [-0.25, -0.2) is 0 Å². The minimum Gasteiger partial charge on any atom is -0.310 e. The van der Waals surface area contributed by atoms with Crippen molar-refractivity contribution in [2.45, 2.75) is 80.1 Å². The number of fused-ring (bicyclic) bond motifs is 6. The van der Waals surface area contributed by atoms with Crippen LogP contribution in [0.1, 0.15) is 83.3 Å². The van der Waals surface area contributed by atoms with Gasteiger partial charge in [0, 0.05) is 45.0 Å². The third kappa shape index (κ3) is 5.61. The molecule has 0 N–H and O–H groups in total. The predicted molar refractivity (Wildman–Crippen MR) is 239 cm³/mol. The Morgan fingerprint density at radius 1 is 0.304 bits per heavy atom. The number of aryl methyl sites for hydroxylation is 6. The van der Waals surface area contributed by atoms with Crippen molar-refractivity contribution >= 4 is 34.1 Å². The maximum atomic E-state index is 2.56. The van der Waals surface area contributed by atoms with Crippen LogP contribution in [0.4, 0.5) is 34.1 Å². The third-order valence-corrected chi connectivity index (χ3v) is 12.7. The maximum absolute atomic E-state index is 2.56. The Morgan fingerprint density at radius 2 is 0.571 bits per heavy atom. The lowest BCUT2D eigenvalue weighted by molar-refractivity contribution is 0.652. The molecule has 0 heterocycles. The lowest BCUT2D eigenvalue weighted by atomic mass is 9.79. The summed E-state index contributed by atoms with van der Waals surface area (Å²) in [6, 6.07) is 50.5. The zero-order chi connectivity index (χ0) is 39.3. The van der Waals surface area contributed by atoms with E-state index in [0.29, 0.717) is 0 Å². The summed E-state index contributed by atoms with van der Waals surface area (Å²) in [5.41, 5.74) is 25.5. The molecular formula is C54H52N2. The molecule has 0 unspecified atom stereocenters. The highest BCUT2D eigenvalue weighted by molar-refractivity contribution is 5.94. The molecule has 0 spiro atoms. The van der Waals surface area contributed by atoms with Gasteiger partial charge < -0.3 is 9.80 Å². The van der Waals surface area contributed by atoms with Crippen molar-refractivity contribution in [2.75, 3.05) is 9.80 Å². The Bertz CT molecular complexity index is 2380. The number of anilines is 6. The van der Waals surface area contributed by atoms with Crippen LogP contribution in [0, 0.1) is 41.5 Å². The van der Waals surface area contributed by atoms with Crippen molar-refractivity contribution in [3.05, 3.63) is 189 Å². The zero-order valence-corrected chi connectivity index (χ0v) is 34.6. The van der Waals surface area contributed by atoms with Gasteiger partial charge in [-0.15, -0.1) is 0 Å². The smallest absolute Gasteiger partial charge is 0.0467 e. The second-order valence-electron chi connectivity index (χ2n) is 17.6. The quantitative estimate of drug-likeness (QED) is 0.168. The third-order valence-electron chi connectivity index (χ3n) is 12.7. The van der Waals surface area contributed by atoms with Gasteiger partial charge in [-0.3, -0.25) is 0 Å². The number of nitrogens with zero attached hydrogens (tertiary/aromatic N) is 2. The molecule has 0 amide bonds. The summed E-state index contributed by atoms with van der Waals surface area (Å²) in [6.45, 7) is 22.9. The van der Waals surface area contributed by atoms with Crippen LogP contribution in [0.2, 0.25) is 0 Å².